The molecule has 0 unspecified atom stereocenters. The Bertz CT molecular complexity index is 746. The van der Waals surface area contributed by atoms with Crippen LogP contribution in [0.15, 0.2) is 29.4 Å². The topological polar surface area (TPSA) is 118 Å². The van der Waals surface area contributed by atoms with Gasteiger partial charge < -0.3 is 5.11 Å². The largest absolute Gasteiger partial charge is 0.481 e. The van der Waals surface area contributed by atoms with Gasteiger partial charge in [0.25, 0.3) is 5.91 Å². The molecule has 1 N–H and O–H groups in total. The van der Waals surface area contributed by atoms with Crippen molar-refractivity contribution in [3.8, 4) is 0 Å². The van der Waals surface area contributed by atoms with Crippen molar-refractivity contribution < 1.29 is 24.3 Å². The first-order chi connectivity index (χ1) is 12.4. The lowest BCUT2D eigenvalue weighted by atomic mass is 9.85. The molecule has 27 heavy (non-hydrogen) atoms. The van der Waals surface area contributed by atoms with Gasteiger partial charge in [-0.3, -0.25) is 19.2 Å². The summed E-state index contributed by atoms with van der Waals surface area (Å²) in [4.78, 5) is 57.3. The van der Waals surface area contributed by atoms with E-state index in [9.17, 15) is 24.1 Å². The van der Waals surface area contributed by atoms with Crippen LogP contribution in [0.3, 0.4) is 0 Å². The fraction of sp³-hybridized carbons (Fsp3) is 0.500. The van der Waals surface area contributed by atoms with Gasteiger partial charge in [0.2, 0.25) is 0 Å². The highest BCUT2D eigenvalue weighted by atomic mass is 16.4. The minimum absolute atomic E-state index is 0.0777. The van der Waals surface area contributed by atoms with E-state index in [4.69, 9.17) is 5.11 Å². The van der Waals surface area contributed by atoms with Crippen LogP contribution >= 0.6 is 0 Å². The molecular weight excluding hydrogens is 350 g/mol. The van der Waals surface area contributed by atoms with Crippen molar-refractivity contribution in [3.05, 3.63) is 40.3 Å². The van der Waals surface area contributed by atoms with Crippen molar-refractivity contribution in [1.29, 1.82) is 0 Å². The summed E-state index contributed by atoms with van der Waals surface area (Å²) in [7, 11) is 0. The van der Waals surface area contributed by atoms with E-state index in [2.05, 4.69) is 5.18 Å². The number of carboxylic acids is 1. The van der Waals surface area contributed by atoms with Gasteiger partial charge in [0.1, 0.15) is 0 Å². The predicted molar refractivity (Wildman–Crippen MR) is 99.6 cm³/mol. The maximum atomic E-state index is 12.2. The first-order valence-electron chi connectivity index (χ1n) is 8.68. The summed E-state index contributed by atoms with van der Waals surface area (Å²) in [6.45, 7) is 6.25. The summed E-state index contributed by atoms with van der Waals surface area (Å²) < 4.78 is 0. The molecule has 0 fully saturated rings. The van der Waals surface area contributed by atoms with E-state index in [1.165, 1.54) is 24.3 Å². The molecule has 0 atom stereocenters. The molecule has 0 aliphatic heterocycles. The lowest BCUT2D eigenvalue weighted by Gasteiger charge is -2.18. The summed E-state index contributed by atoms with van der Waals surface area (Å²) in [5.41, 5.74) is -1.16. The Morgan fingerprint density at radius 3 is 1.52 bits per heavy atom. The van der Waals surface area contributed by atoms with Crippen LogP contribution in [0.1, 0.15) is 74.1 Å². The molecule has 1 amide bonds. The van der Waals surface area contributed by atoms with Crippen LogP contribution in [-0.2, 0) is 9.59 Å². The fourth-order valence-electron chi connectivity index (χ4n) is 2.32. The summed E-state index contributed by atoms with van der Waals surface area (Å²) in [6, 6.07) is 6.13. The third-order valence-corrected chi connectivity index (χ3v) is 4.72. The van der Waals surface area contributed by atoms with Crippen LogP contribution in [0.5, 0.6) is 0 Å². The van der Waals surface area contributed by atoms with Gasteiger partial charge in [0.05, 0.1) is 5.41 Å². The highest BCUT2D eigenvalue weighted by Crippen LogP contribution is 2.26. The van der Waals surface area contributed by atoms with Crippen molar-refractivity contribution in [2.45, 2.75) is 53.4 Å². The standard InChI is InChI=1S/C20H25NO6/c1-19(2,17(24)21-27)11-9-15(22)13-5-7-14(8-6-13)16(23)10-12-20(3,4)18(25)26/h5-8H,9-12H2,1-4H3,(H,25,26). The van der Waals surface area contributed by atoms with Gasteiger partial charge in [0.15, 0.2) is 11.6 Å². The Morgan fingerprint density at radius 1 is 0.815 bits per heavy atom. The Hall–Kier alpha value is -2.70. The molecule has 1 aromatic rings. The molecule has 0 saturated carbocycles. The minimum atomic E-state index is -0.996. The normalized spacial score (nSPS) is 11.7. The second-order valence-corrected chi connectivity index (χ2v) is 7.89. The van der Waals surface area contributed by atoms with E-state index in [1.807, 2.05) is 0 Å². The second-order valence-electron chi connectivity index (χ2n) is 7.89. The number of nitroso groups, excluding NO2 is 1. The Labute approximate surface area is 158 Å². The Morgan fingerprint density at radius 2 is 1.19 bits per heavy atom. The molecule has 0 aromatic heterocycles. The molecule has 0 spiro atoms. The summed E-state index contributed by atoms with van der Waals surface area (Å²) in [5.74, 6) is -2.14. The van der Waals surface area contributed by atoms with Crippen LogP contribution in [0.4, 0.5) is 0 Å². The average Bonchev–Trinajstić information content (AvgIpc) is 2.63. The SMILES string of the molecule is CC(C)(CCC(=O)c1ccc(C(=O)CCC(C)(C)C(=O)N=O)cc1)C(=O)O. The van der Waals surface area contributed by atoms with Crippen LogP contribution in [0.2, 0.25) is 0 Å². The molecule has 0 aliphatic rings. The fourth-order valence-corrected chi connectivity index (χ4v) is 2.32. The molecule has 7 nitrogen and oxygen atoms in total. The zero-order valence-electron chi connectivity index (χ0n) is 16.1. The zero-order chi connectivity index (χ0) is 20.8. The van der Waals surface area contributed by atoms with Gasteiger partial charge in [0, 0.05) is 34.6 Å². The number of ketones is 2. The third kappa shape index (κ3) is 6.20. The number of carbonyl (C=O) groups is 4. The Balaban J connectivity index is 2.69. The van der Waals surface area contributed by atoms with E-state index < -0.39 is 22.7 Å². The molecule has 146 valence electrons. The van der Waals surface area contributed by atoms with Crippen LogP contribution < -0.4 is 0 Å². The van der Waals surface area contributed by atoms with Crippen LogP contribution in [-0.4, -0.2) is 28.5 Å². The van der Waals surface area contributed by atoms with Crippen molar-refractivity contribution in [2.75, 3.05) is 0 Å². The number of amides is 1. The molecule has 1 rings (SSSR count). The highest BCUT2D eigenvalue weighted by Gasteiger charge is 2.29. The quantitative estimate of drug-likeness (QED) is 0.487. The van der Waals surface area contributed by atoms with Crippen LogP contribution in [0.25, 0.3) is 0 Å². The van der Waals surface area contributed by atoms with E-state index in [1.54, 1.807) is 27.7 Å². The van der Waals surface area contributed by atoms with Crippen molar-refractivity contribution in [3.63, 3.8) is 0 Å². The second kappa shape index (κ2) is 8.79. The van der Waals surface area contributed by atoms with Crippen molar-refractivity contribution in [1.82, 2.24) is 0 Å². The molecule has 0 bridgehead atoms. The number of carboxylic acid groups (broad SMARTS) is 1. The van der Waals surface area contributed by atoms with Crippen molar-refractivity contribution >= 4 is 23.4 Å². The number of aliphatic carboxylic acids is 1. The zero-order valence-corrected chi connectivity index (χ0v) is 16.1. The summed E-state index contributed by atoms with van der Waals surface area (Å²) in [5, 5.41) is 11.5. The lowest BCUT2D eigenvalue weighted by molar-refractivity contribution is -0.147. The minimum Gasteiger partial charge on any atom is -0.481 e. The maximum absolute atomic E-state index is 12.2. The van der Waals surface area contributed by atoms with Gasteiger partial charge in [-0.05, 0) is 26.7 Å². The monoisotopic (exact) mass is 375 g/mol. The number of nitrogens with zero attached hydrogens (tertiary/aromatic N) is 1. The van der Waals surface area contributed by atoms with E-state index >= 15 is 0 Å². The van der Waals surface area contributed by atoms with E-state index in [0.29, 0.717) is 11.1 Å². The third-order valence-electron chi connectivity index (χ3n) is 4.72. The Kier molecular flexibility index (Phi) is 7.28. The van der Waals surface area contributed by atoms with Crippen LogP contribution in [0, 0.1) is 15.7 Å². The first-order valence-corrected chi connectivity index (χ1v) is 8.68. The number of hydrogen-bond acceptors (Lipinski definition) is 5. The molecule has 0 radical (unpaired) electrons. The smallest absolute Gasteiger partial charge is 0.309 e. The van der Waals surface area contributed by atoms with Gasteiger partial charge in [-0.25, -0.2) is 0 Å². The average molecular weight is 375 g/mol. The number of Topliss-reactive ketones (excluding diaryl/α,β-unsaturated/α-hetero) is 2. The molecule has 1 aromatic carbocycles. The molecule has 0 saturated heterocycles. The van der Waals surface area contributed by atoms with Gasteiger partial charge >= 0.3 is 5.97 Å². The number of benzene rings is 1. The molecule has 0 heterocycles. The molecule has 7 heteroatoms. The van der Waals surface area contributed by atoms with Gasteiger partial charge in [-0.1, -0.05) is 38.1 Å². The predicted octanol–water partition coefficient (Wildman–Crippen LogP) is 4.04. The summed E-state index contributed by atoms with van der Waals surface area (Å²) >= 11 is 0. The van der Waals surface area contributed by atoms with Gasteiger partial charge in [-0.2, -0.15) is 0 Å². The first kappa shape index (κ1) is 22.3. The van der Waals surface area contributed by atoms with Crippen molar-refractivity contribution in [2.24, 2.45) is 16.0 Å². The van der Waals surface area contributed by atoms with E-state index in [0.717, 1.165) is 0 Å². The van der Waals surface area contributed by atoms with E-state index in [-0.39, 0.29) is 37.2 Å². The number of rotatable bonds is 10. The molecular formula is C20H25NO6. The molecule has 0 aliphatic carbocycles. The number of carbonyl (C=O) groups excluding carboxylic acids is 3. The van der Waals surface area contributed by atoms with Gasteiger partial charge in [-0.15, -0.1) is 4.91 Å². The lowest BCUT2D eigenvalue weighted by Crippen LogP contribution is -2.24. The summed E-state index contributed by atoms with van der Waals surface area (Å²) in [6.07, 6.45) is 0.590. The number of hydrogen-bond donors (Lipinski definition) is 1. The maximum Gasteiger partial charge on any atom is 0.309 e. The highest BCUT2D eigenvalue weighted by molar-refractivity contribution is 6.00.